The predicted octanol–water partition coefficient (Wildman–Crippen LogP) is 3.54. The van der Waals surface area contributed by atoms with E-state index in [-0.39, 0.29) is 26.9 Å². The van der Waals surface area contributed by atoms with Crippen molar-refractivity contribution in [1.29, 1.82) is 0 Å². The molecule has 5 nitrogen and oxygen atoms in total. The molecule has 0 aromatic heterocycles. The molecule has 3 amide bonds. The molecule has 0 bridgehead atoms. The van der Waals surface area contributed by atoms with E-state index in [9.17, 15) is 14.4 Å². The number of rotatable bonds is 1. The number of amides is 3. The second-order valence-corrected chi connectivity index (χ2v) is 5.78. The summed E-state index contributed by atoms with van der Waals surface area (Å²) in [6.45, 7) is 1.21. The molecular formula is C14H7Cl3N2O3. The molecule has 8 heteroatoms. The van der Waals surface area contributed by atoms with Crippen LogP contribution in [0.15, 0.2) is 18.2 Å². The van der Waals surface area contributed by atoms with Crippen molar-refractivity contribution in [1.82, 2.24) is 5.32 Å². The Labute approximate surface area is 139 Å². The van der Waals surface area contributed by atoms with Crippen LogP contribution in [0, 0.1) is 0 Å². The van der Waals surface area contributed by atoms with Gasteiger partial charge < -0.3 is 0 Å². The lowest BCUT2D eigenvalue weighted by Crippen LogP contribution is -2.22. The van der Waals surface area contributed by atoms with Crippen molar-refractivity contribution in [2.45, 2.75) is 6.92 Å². The zero-order valence-electron chi connectivity index (χ0n) is 11.0. The molecule has 1 heterocycles. The molecule has 0 saturated carbocycles. The highest BCUT2D eigenvalue weighted by molar-refractivity contribution is 6.50. The van der Waals surface area contributed by atoms with E-state index in [0.29, 0.717) is 15.2 Å². The molecule has 1 aliphatic rings. The van der Waals surface area contributed by atoms with Gasteiger partial charge >= 0.3 is 0 Å². The topological polar surface area (TPSA) is 66.5 Å². The molecule has 1 aliphatic heterocycles. The number of carbonyl (C=O) groups is 3. The number of benzene rings is 2. The number of nitrogens with zero attached hydrogens (tertiary/aromatic N) is 1. The van der Waals surface area contributed by atoms with Gasteiger partial charge in [0.25, 0.3) is 11.8 Å². The highest BCUT2D eigenvalue weighted by Gasteiger charge is 2.36. The van der Waals surface area contributed by atoms with E-state index in [1.807, 2.05) is 0 Å². The number of nitrogens with one attached hydrogen (secondary N) is 1. The number of hydrogen-bond donors (Lipinski definition) is 1. The molecule has 3 rings (SSSR count). The minimum Gasteiger partial charge on any atom is -0.288 e. The first-order chi connectivity index (χ1) is 10.3. The molecule has 2 aromatic rings. The highest BCUT2D eigenvalue weighted by Crippen LogP contribution is 2.44. The minimum atomic E-state index is -0.661. The van der Waals surface area contributed by atoms with Gasteiger partial charge in [-0.25, -0.2) is 4.42 Å². The smallest absolute Gasteiger partial charge is 0.261 e. The van der Waals surface area contributed by atoms with Crippen LogP contribution in [0.4, 0.5) is 5.69 Å². The molecule has 112 valence electrons. The van der Waals surface area contributed by atoms with Gasteiger partial charge in [-0.3, -0.25) is 19.7 Å². The van der Waals surface area contributed by atoms with Crippen LogP contribution >= 0.6 is 35.0 Å². The minimum absolute atomic E-state index is 0.0324. The lowest BCUT2D eigenvalue weighted by Gasteiger charge is -2.18. The van der Waals surface area contributed by atoms with Crippen molar-refractivity contribution in [3.05, 3.63) is 39.4 Å². The lowest BCUT2D eigenvalue weighted by molar-refractivity contribution is -0.115. The number of carbonyl (C=O) groups excluding carboxylic acids is 3. The summed E-state index contributed by atoms with van der Waals surface area (Å²) in [5.74, 6) is -1.80. The summed E-state index contributed by atoms with van der Waals surface area (Å²) in [5, 5.41) is 3.28. The van der Waals surface area contributed by atoms with Gasteiger partial charge in [-0.15, -0.1) is 0 Å². The second kappa shape index (κ2) is 5.12. The Balaban J connectivity index is 2.56. The summed E-state index contributed by atoms with van der Waals surface area (Å²) in [7, 11) is 0. The molecule has 0 radical (unpaired) electrons. The van der Waals surface area contributed by atoms with Crippen molar-refractivity contribution in [2.75, 3.05) is 4.42 Å². The van der Waals surface area contributed by atoms with Crippen molar-refractivity contribution in [3.8, 4) is 0 Å². The van der Waals surface area contributed by atoms with Crippen molar-refractivity contribution < 1.29 is 14.4 Å². The monoisotopic (exact) mass is 356 g/mol. The second-order valence-electron chi connectivity index (χ2n) is 4.66. The fourth-order valence-corrected chi connectivity index (χ4v) is 3.38. The van der Waals surface area contributed by atoms with Gasteiger partial charge in [0.15, 0.2) is 0 Å². The summed E-state index contributed by atoms with van der Waals surface area (Å²) < 4.78 is 0.710. The quantitative estimate of drug-likeness (QED) is 0.627. The Hall–Kier alpha value is -1.82. The Morgan fingerprint density at radius 2 is 1.77 bits per heavy atom. The average molecular weight is 358 g/mol. The van der Waals surface area contributed by atoms with Crippen LogP contribution in [-0.4, -0.2) is 17.7 Å². The number of halogens is 3. The van der Waals surface area contributed by atoms with Gasteiger partial charge in [-0.2, -0.15) is 0 Å². The third kappa shape index (κ3) is 1.97. The number of imide groups is 1. The van der Waals surface area contributed by atoms with Crippen LogP contribution in [0.2, 0.25) is 10.0 Å². The maximum Gasteiger partial charge on any atom is 0.261 e. The number of anilines is 1. The van der Waals surface area contributed by atoms with Crippen LogP contribution in [0.5, 0.6) is 0 Å². The Morgan fingerprint density at radius 1 is 1.14 bits per heavy atom. The van der Waals surface area contributed by atoms with E-state index in [1.165, 1.54) is 6.92 Å². The van der Waals surface area contributed by atoms with Crippen LogP contribution in [0.3, 0.4) is 0 Å². The van der Waals surface area contributed by atoms with Crippen molar-refractivity contribution in [3.63, 3.8) is 0 Å². The Bertz CT molecular complexity index is 879. The molecule has 0 fully saturated rings. The van der Waals surface area contributed by atoms with Gasteiger partial charge in [0.2, 0.25) is 5.91 Å². The predicted molar refractivity (Wildman–Crippen MR) is 84.8 cm³/mol. The van der Waals surface area contributed by atoms with Crippen LogP contribution in [0.25, 0.3) is 10.8 Å². The van der Waals surface area contributed by atoms with Gasteiger partial charge in [-0.05, 0) is 11.5 Å². The summed E-state index contributed by atoms with van der Waals surface area (Å²) in [4.78, 5) is 35.8. The summed E-state index contributed by atoms with van der Waals surface area (Å²) >= 11 is 18.4. The molecule has 0 aliphatic carbocycles. The van der Waals surface area contributed by atoms with E-state index in [0.717, 1.165) is 0 Å². The molecule has 0 saturated heterocycles. The van der Waals surface area contributed by atoms with Crippen LogP contribution < -0.4 is 9.74 Å². The fourth-order valence-electron chi connectivity index (χ4n) is 2.46. The van der Waals surface area contributed by atoms with E-state index < -0.39 is 17.7 Å². The number of fused-ring (bicyclic) bond motifs is 3. The third-order valence-electron chi connectivity index (χ3n) is 3.35. The van der Waals surface area contributed by atoms with Gasteiger partial charge in [0.1, 0.15) is 0 Å². The maximum absolute atomic E-state index is 12.1. The zero-order valence-corrected chi connectivity index (χ0v) is 13.3. The lowest BCUT2D eigenvalue weighted by atomic mass is 9.98. The Morgan fingerprint density at radius 3 is 2.41 bits per heavy atom. The zero-order chi connectivity index (χ0) is 16.2. The summed E-state index contributed by atoms with van der Waals surface area (Å²) in [6.07, 6.45) is 0. The largest absolute Gasteiger partial charge is 0.288 e. The first-order valence-electron chi connectivity index (χ1n) is 6.10. The maximum atomic E-state index is 12.1. The molecule has 0 atom stereocenters. The first-order valence-corrected chi connectivity index (χ1v) is 7.19. The van der Waals surface area contributed by atoms with Crippen molar-refractivity contribution >= 4 is 69.2 Å². The van der Waals surface area contributed by atoms with Crippen LogP contribution in [-0.2, 0) is 4.79 Å². The molecule has 2 aromatic carbocycles. The van der Waals surface area contributed by atoms with Crippen molar-refractivity contribution in [2.24, 2.45) is 0 Å². The fraction of sp³-hybridized carbons (Fsp3) is 0.0714. The van der Waals surface area contributed by atoms with Gasteiger partial charge in [0, 0.05) is 29.1 Å². The molecule has 22 heavy (non-hydrogen) atoms. The third-order valence-corrected chi connectivity index (χ3v) is 4.44. The SMILES string of the molecule is CC(=O)N(Cl)c1c2c(c3cccc(Cl)c3c1Cl)C(=O)NC2=O. The van der Waals surface area contributed by atoms with Crippen LogP contribution in [0.1, 0.15) is 27.6 Å². The first kappa shape index (κ1) is 15.1. The van der Waals surface area contributed by atoms with Gasteiger partial charge in [-0.1, -0.05) is 35.3 Å². The Kier molecular flexibility index (Phi) is 3.51. The average Bonchev–Trinajstić information content (AvgIpc) is 2.74. The molecular weight excluding hydrogens is 351 g/mol. The summed E-state index contributed by atoms with van der Waals surface area (Å²) in [5.41, 5.74) is 0.0264. The molecule has 0 spiro atoms. The number of hydrogen-bond acceptors (Lipinski definition) is 3. The van der Waals surface area contributed by atoms with Gasteiger partial charge in [0.05, 0.1) is 21.8 Å². The van der Waals surface area contributed by atoms with E-state index in [1.54, 1.807) is 18.2 Å². The highest BCUT2D eigenvalue weighted by atomic mass is 35.5. The standard InChI is InChI=1S/C14H7Cl3N2O3/c1-5(20)19(17)12-10-9(13(21)18-14(10)22)6-3-2-4-7(15)8(6)11(12)16/h2-4H,1H3,(H,18,21,22). The van der Waals surface area contributed by atoms with E-state index in [2.05, 4.69) is 5.32 Å². The molecule has 1 N–H and O–H groups in total. The summed E-state index contributed by atoms with van der Waals surface area (Å²) in [6, 6.07) is 4.85. The van der Waals surface area contributed by atoms with E-state index in [4.69, 9.17) is 35.0 Å². The molecule has 0 unspecified atom stereocenters. The normalized spacial score (nSPS) is 13.3. The van der Waals surface area contributed by atoms with E-state index >= 15 is 0 Å².